The summed E-state index contributed by atoms with van der Waals surface area (Å²) in [5.74, 6) is 0.674. The third-order valence-corrected chi connectivity index (χ3v) is 5.10. The molecule has 0 aliphatic rings. The van der Waals surface area contributed by atoms with Gasteiger partial charge in [-0.25, -0.2) is 0 Å². The fourth-order valence-corrected chi connectivity index (χ4v) is 3.41. The molecule has 0 aliphatic carbocycles. The SMILES string of the molecule is CCNC(=O)[C@@H](CC)N(Cc1ccc(Cl)cc1Cl)C(=O)COc1ccc(OC)cc1. The molecular formula is C22H26Cl2N2O4. The lowest BCUT2D eigenvalue weighted by atomic mass is 10.1. The monoisotopic (exact) mass is 452 g/mol. The molecule has 2 rings (SSSR count). The van der Waals surface area contributed by atoms with Crippen LogP contribution in [0.25, 0.3) is 0 Å². The number of amides is 2. The van der Waals surface area contributed by atoms with Gasteiger partial charge in [-0.15, -0.1) is 0 Å². The van der Waals surface area contributed by atoms with Gasteiger partial charge >= 0.3 is 0 Å². The molecule has 1 atom stereocenters. The van der Waals surface area contributed by atoms with E-state index in [2.05, 4.69) is 5.32 Å². The Labute approximate surface area is 187 Å². The Morgan fingerprint density at radius 3 is 2.30 bits per heavy atom. The van der Waals surface area contributed by atoms with Crippen molar-refractivity contribution in [1.82, 2.24) is 10.2 Å². The van der Waals surface area contributed by atoms with E-state index < -0.39 is 6.04 Å². The molecule has 6 nitrogen and oxygen atoms in total. The van der Waals surface area contributed by atoms with Crippen molar-refractivity contribution in [2.75, 3.05) is 20.3 Å². The van der Waals surface area contributed by atoms with E-state index in [1.54, 1.807) is 49.6 Å². The first-order chi connectivity index (χ1) is 14.4. The van der Waals surface area contributed by atoms with Gasteiger partial charge in [-0.1, -0.05) is 36.2 Å². The smallest absolute Gasteiger partial charge is 0.261 e. The molecule has 0 unspecified atom stereocenters. The highest BCUT2D eigenvalue weighted by molar-refractivity contribution is 6.35. The van der Waals surface area contributed by atoms with Gasteiger partial charge in [0.25, 0.3) is 5.91 Å². The van der Waals surface area contributed by atoms with Gasteiger partial charge in [-0.05, 0) is 55.3 Å². The maximum atomic E-state index is 13.1. The average Bonchev–Trinajstić information content (AvgIpc) is 2.74. The van der Waals surface area contributed by atoms with Crippen LogP contribution in [0.2, 0.25) is 10.0 Å². The first kappa shape index (κ1) is 23.8. The van der Waals surface area contributed by atoms with Crippen molar-refractivity contribution in [3.05, 3.63) is 58.1 Å². The van der Waals surface area contributed by atoms with Crippen LogP contribution in [0.1, 0.15) is 25.8 Å². The Balaban J connectivity index is 2.21. The zero-order valence-corrected chi connectivity index (χ0v) is 18.8. The summed E-state index contributed by atoms with van der Waals surface area (Å²) in [5, 5.41) is 3.72. The van der Waals surface area contributed by atoms with E-state index >= 15 is 0 Å². The van der Waals surface area contributed by atoms with Crippen LogP contribution < -0.4 is 14.8 Å². The van der Waals surface area contributed by atoms with Gasteiger partial charge in [0.15, 0.2) is 6.61 Å². The molecule has 0 heterocycles. The summed E-state index contributed by atoms with van der Waals surface area (Å²) >= 11 is 12.3. The maximum Gasteiger partial charge on any atom is 0.261 e. The number of halogens is 2. The number of nitrogens with one attached hydrogen (secondary N) is 1. The van der Waals surface area contributed by atoms with Crippen LogP contribution in [0.15, 0.2) is 42.5 Å². The van der Waals surface area contributed by atoms with E-state index in [4.69, 9.17) is 32.7 Å². The third kappa shape index (κ3) is 6.54. The predicted octanol–water partition coefficient (Wildman–Crippen LogP) is 4.32. The minimum Gasteiger partial charge on any atom is -0.497 e. The zero-order valence-electron chi connectivity index (χ0n) is 17.3. The van der Waals surface area contributed by atoms with Crippen LogP contribution in [-0.4, -0.2) is 43.0 Å². The first-order valence-corrected chi connectivity index (χ1v) is 10.4. The van der Waals surface area contributed by atoms with E-state index in [1.165, 1.54) is 4.90 Å². The Morgan fingerprint density at radius 2 is 1.73 bits per heavy atom. The highest BCUT2D eigenvalue weighted by Crippen LogP contribution is 2.24. The number of nitrogens with zero attached hydrogens (tertiary/aromatic N) is 1. The maximum absolute atomic E-state index is 13.1. The number of hydrogen-bond acceptors (Lipinski definition) is 4. The largest absolute Gasteiger partial charge is 0.497 e. The fourth-order valence-electron chi connectivity index (χ4n) is 2.94. The number of ether oxygens (including phenoxy) is 2. The van der Waals surface area contributed by atoms with Gasteiger partial charge in [0.1, 0.15) is 17.5 Å². The number of carbonyl (C=O) groups excluding carboxylic acids is 2. The fraction of sp³-hybridized carbons (Fsp3) is 0.364. The molecule has 2 aromatic carbocycles. The lowest BCUT2D eigenvalue weighted by Crippen LogP contribution is -2.50. The second-order valence-corrected chi connectivity index (χ2v) is 7.38. The molecule has 8 heteroatoms. The van der Waals surface area contributed by atoms with E-state index in [1.807, 2.05) is 13.8 Å². The van der Waals surface area contributed by atoms with Gasteiger partial charge in [0, 0.05) is 23.1 Å². The summed E-state index contributed by atoms with van der Waals surface area (Å²) in [6, 6.07) is 11.3. The highest BCUT2D eigenvalue weighted by Gasteiger charge is 2.29. The van der Waals surface area contributed by atoms with E-state index in [0.717, 1.165) is 0 Å². The van der Waals surface area contributed by atoms with Crippen LogP contribution in [0, 0.1) is 0 Å². The minimum atomic E-state index is -0.649. The normalized spacial score (nSPS) is 11.5. The van der Waals surface area contributed by atoms with Gasteiger partial charge in [0.2, 0.25) is 5.91 Å². The highest BCUT2D eigenvalue weighted by atomic mass is 35.5. The summed E-state index contributed by atoms with van der Waals surface area (Å²) in [7, 11) is 1.57. The summed E-state index contributed by atoms with van der Waals surface area (Å²) in [4.78, 5) is 27.1. The van der Waals surface area contributed by atoms with Gasteiger partial charge in [-0.3, -0.25) is 9.59 Å². The number of methoxy groups -OCH3 is 1. The molecule has 0 spiro atoms. The van der Waals surface area contributed by atoms with Gasteiger partial charge in [-0.2, -0.15) is 0 Å². The molecule has 1 N–H and O–H groups in total. The van der Waals surface area contributed by atoms with Crippen LogP contribution >= 0.6 is 23.2 Å². The third-order valence-electron chi connectivity index (χ3n) is 4.51. The number of benzene rings is 2. The van der Waals surface area contributed by atoms with Crippen molar-refractivity contribution < 1.29 is 19.1 Å². The average molecular weight is 453 g/mol. The van der Waals surface area contributed by atoms with Crippen molar-refractivity contribution in [2.24, 2.45) is 0 Å². The molecule has 0 radical (unpaired) electrons. The van der Waals surface area contributed by atoms with Crippen LogP contribution in [-0.2, 0) is 16.1 Å². The summed E-state index contributed by atoms with van der Waals surface area (Å²) in [5.41, 5.74) is 0.696. The molecule has 0 saturated carbocycles. The molecule has 30 heavy (non-hydrogen) atoms. The lowest BCUT2D eigenvalue weighted by Gasteiger charge is -2.30. The topological polar surface area (TPSA) is 67.9 Å². The Morgan fingerprint density at radius 1 is 1.07 bits per heavy atom. The molecule has 0 bridgehead atoms. The van der Waals surface area contributed by atoms with Crippen molar-refractivity contribution in [3.8, 4) is 11.5 Å². The summed E-state index contributed by atoms with van der Waals surface area (Å²) in [6.45, 7) is 4.11. The van der Waals surface area contributed by atoms with Gasteiger partial charge in [0.05, 0.1) is 7.11 Å². The second kappa shape index (κ2) is 11.7. The number of carbonyl (C=O) groups is 2. The molecule has 2 aromatic rings. The van der Waals surface area contributed by atoms with Crippen molar-refractivity contribution in [2.45, 2.75) is 32.9 Å². The van der Waals surface area contributed by atoms with Crippen molar-refractivity contribution >= 4 is 35.0 Å². The summed E-state index contributed by atoms with van der Waals surface area (Å²) in [6.07, 6.45) is 0.450. The van der Waals surface area contributed by atoms with Gasteiger partial charge < -0.3 is 19.7 Å². The Kier molecular flexibility index (Phi) is 9.27. The molecule has 2 amide bonds. The Bertz CT molecular complexity index is 859. The molecule has 0 aliphatic heterocycles. The predicted molar refractivity (Wildman–Crippen MR) is 118 cm³/mol. The van der Waals surface area contributed by atoms with Crippen molar-refractivity contribution in [1.29, 1.82) is 0 Å². The molecule has 0 fully saturated rings. The number of hydrogen-bond donors (Lipinski definition) is 1. The first-order valence-electron chi connectivity index (χ1n) is 9.67. The van der Waals surface area contributed by atoms with E-state index in [9.17, 15) is 9.59 Å². The second-order valence-electron chi connectivity index (χ2n) is 6.54. The van der Waals surface area contributed by atoms with Crippen LogP contribution in [0.4, 0.5) is 0 Å². The Hall–Kier alpha value is -2.44. The summed E-state index contributed by atoms with van der Waals surface area (Å²) < 4.78 is 10.8. The van der Waals surface area contributed by atoms with Crippen LogP contribution in [0.5, 0.6) is 11.5 Å². The minimum absolute atomic E-state index is 0.163. The number of rotatable bonds is 10. The van der Waals surface area contributed by atoms with E-state index in [0.29, 0.717) is 40.1 Å². The number of likely N-dealkylation sites (N-methyl/N-ethyl adjacent to an activating group) is 1. The lowest BCUT2D eigenvalue weighted by molar-refractivity contribution is -0.142. The van der Waals surface area contributed by atoms with Crippen LogP contribution in [0.3, 0.4) is 0 Å². The zero-order chi connectivity index (χ0) is 22.1. The quantitative estimate of drug-likeness (QED) is 0.582. The molecule has 162 valence electrons. The van der Waals surface area contributed by atoms with Crippen molar-refractivity contribution in [3.63, 3.8) is 0 Å². The molecular weight excluding hydrogens is 427 g/mol. The molecule has 0 aromatic heterocycles. The standard InChI is InChI=1S/C22H26Cl2N2O4/c1-4-20(22(28)25-5-2)26(13-15-6-7-16(23)12-19(15)24)21(27)14-30-18-10-8-17(29-3)9-11-18/h6-12,20H,4-5,13-14H2,1-3H3,(H,25,28)/t20-/m1/s1. The molecule has 0 saturated heterocycles. The van der Waals surface area contributed by atoms with E-state index in [-0.39, 0.29) is 25.0 Å².